The molecule has 0 unspecified atom stereocenters. The number of anilines is 1. The number of benzene rings is 2. The Morgan fingerprint density at radius 1 is 1.00 bits per heavy atom. The first kappa shape index (κ1) is 19.2. The fourth-order valence-corrected chi connectivity index (χ4v) is 4.42. The highest BCUT2D eigenvalue weighted by Crippen LogP contribution is 2.44. The quantitative estimate of drug-likeness (QED) is 0.586. The van der Waals surface area contributed by atoms with Crippen molar-refractivity contribution < 1.29 is 14.3 Å². The summed E-state index contributed by atoms with van der Waals surface area (Å²) in [5, 5.41) is 8.79. The van der Waals surface area contributed by atoms with Crippen LogP contribution in [0.3, 0.4) is 0 Å². The predicted octanol–water partition coefficient (Wildman–Crippen LogP) is 3.86. The van der Waals surface area contributed by atoms with E-state index in [4.69, 9.17) is 9.47 Å². The Balaban J connectivity index is 1.54. The van der Waals surface area contributed by atoms with Gasteiger partial charge in [-0.15, -0.1) is 0 Å². The molecule has 3 N–H and O–H groups in total. The molecule has 1 aromatic heterocycles. The molecule has 5 rings (SSSR count). The number of methoxy groups -OCH3 is 1. The van der Waals surface area contributed by atoms with Gasteiger partial charge in [-0.25, -0.2) is 0 Å². The SMILES string of the molecule is COc1cc([C@@H]2C3=C(CCCC3=O)Nc3[nH][nH]c(=O)c32)ccc1OCc1ccccc1. The molecule has 0 amide bonds. The highest BCUT2D eigenvalue weighted by Gasteiger charge is 2.38. The minimum Gasteiger partial charge on any atom is -0.493 e. The Hall–Kier alpha value is -3.74. The summed E-state index contributed by atoms with van der Waals surface area (Å²) >= 11 is 0. The average Bonchev–Trinajstić information content (AvgIpc) is 3.17. The van der Waals surface area contributed by atoms with Gasteiger partial charge in [0.1, 0.15) is 12.4 Å². The zero-order chi connectivity index (χ0) is 21.4. The first-order valence-electron chi connectivity index (χ1n) is 10.3. The van der Waals surface area contributed by atoms with Gasteiger partial charge in [0.25, 0.3) is 5.56 Å². The van der Waals surface area contributed by atoms with Crippen molar-refractivity contribution in [3.8, 4) is 11.5 Å². The van der Waals surface area contributed by atoms with Crippen LogP contribution >= 0.6 is 0 Å². The number of Topliss-reactive ketones (excluding diaryl/α,β-unsaturated/α-hetero) is 1. The normalized spacial score (nSPS) is 17.6. The number of hydrogen-bond acceptors (Lipinski definition) is 5. The first-order chi connectivity index (χ1) is 15.2. The maximum Gasteiger partial charge on any atom is 0.270 e. The number of aromatic amines is 2. The number of fused-ring (bicyclic) bond motifs is 1. The Bertz CT molecular complexity index is 1220. The predicted molar refractivity (Wildman–Crippen MR) is 117 cm³/mol. The summed E-state index contributed by atoms with van der Waals surface area (Å²) in [6.07, 6.45) is 2.07. The summed E-state index contributed by atoms with van der Waals surface area (Å²) in [5.41, 5.74) is 3.71. The molecule has 2 aliphatic rings. The summed E-state index contributed by atoms with van der Waals surface area (Å²) in [6, 6.07) is 15.5. The zero-order valence-corrected chi connectivity index (χ0v) is 17.2. The molecule has 3 aromatic rings. The van der Waals surface area contributed by atoms with E-state index >= 15 is 0 Å². The molecule has 0 spiro atoms. The highest BCUT2D eigenvalue weighted by molar-refractivity contribution is 6.00. The summed E-state index contributed by atoms with van der Waals surface area (Å²) in [5.74, 6) is 1.41. The van der Waals surface area contributed by atoms with Gasteiger partial charge in [0, 0.05) is 23.6 Å². The minimum absolute atomic E-state index is 0.0772. The van der Waals surface area contributed by atoms with Crippen LogP contribution in [0, 0.1) is 0 Å². The molecule has 2 heterocycles. The van der Waals surface area contributed by atoms with Gasteiger partial charge >= 0.3 is 0 Å². The molecule has 0 saturated carbocycles. The zero-order valence-electron chi connectivity index (χ0n) is 17.2. The van der Waals surface area contributed by atoms with E-state index in [1.807, 2.05) is 48.5 Å². The molecule has 2 aromatic carbocycles. The van der Waals surface area contributed by atoms with Crippen molar-refractivity contribution in [2.45, 2.75) is 31.8 Å². The van der Waals surface area contributed by atoms with E-state index in [0.717, 1.165) is 29.7 Å². The van der Waals surface area contributed by atoms with Crippen LogP contribution in [-0.2, 0) is 11.4 Å². The molecule has 1 aliphatic carbocycles. The number of carbonyl (C=O) groups is 1. The third kappa shape index (κ3) is 3.42. The number of rotatable bonds is 5. The number of aromatic nitrogens is 2. The van der Waals surface area contributed by atoms with Crippen LogP contribution in [-0.4, -0.2) is 23.1 Å². The lowest BCUT2D eigenvalue weighted by molar-refractivity contribution is -0.116. The van der Waals surface area contributed by atoms with Gasteiger partial charge in [0.2, 0.25) is 0 Å². The lowest BCUT2D eigenvalue weighted by atomic mass is 9.77. The monoisotopic (exact) mass is 417 g/mol. The van der Waals surface area contributed by atoms with Crippen molar-refractivity contribution in [1.82, 2.24) is 10.2 Å². The Labute approximate surface area is 179 Å². The van der Waals surface area contributed by atoms with Crippen molar-refractivity contribution in [3.63, 3.8) is 0 Å². The molecule has 7 nitrogen and oxygen atoms in total. The molecule has 0 bridgehead atoms. The van der Waals surface area contributed by atoms with Gasteiger partial charge in [-0.05, 0) is 36.1 Å². The molecular formula is C24H23N3O4. The number of nitrogens with one attached hydrogen (secondary N) is 3. The van der Waals surface area contributed by atoms with Crippen LogP contribution < -0.4 is 20.3 Å². The number of hydrogen-bond donors (Lipinski definition) is 3. The van der Waals surface area contributed by atoms with E-state index in [9.17, 15) is 9.59 Å². The fourth-order valence-electron chi connectivity index (χ4n) is 4.42. The maximum atomic E-state index is 12.9. The highest BCUT2D eigenvalue weighted by atomic mass is 16.5. The van der Waals surface area contributed by atoms with Crippen LogP contribution in [0.1, 0.15) is 41.9 Å². The van der Waals surface area contributed by atoms with Crippen molar-refractivity contribution in [2.75, 3.05) is 12.4 Å². The van der Waals surface area contributed by atoms with Gasteiger partial charge < -0.3 is 14.8 Å². The van der Waals surface area contributed by atoms with E-state index in [-0.39, 0.29) is 11.3 Å². The van der Waals surface area contributed by atoms with Crippen molar-refractivity contribution in [1.29, 1.82) is 0 Å². The number of H-pyrrole nitrogens is 2. The summed E-state index contributed by atoms with van der Waals surface area (Å²) < 4.78 is 11.6. The Morgan fingerprint density at radius 2 is 1.84 bits per heavy atom. The van der Waals surface area contributed by atoms with E-state index in [1.54, 1.807) is 7.11 Å². The standard InChI is InChI=1S/C24H23N3O4/c1-30-19-12-15(10-11-18(19)31-13-14-6-3-2-4-7-14)20-21-16(8-5-9-17(21)28)25-23-22(20)24(29)27-26-23/h2-4,6-7,10-12,20H,5,8-9,13H2,1H3,(H3,25,26,27,29)/t20-/m1/s1. The molecule has 158 valence electrons. The Kier molecular flexibility index (Phi) is 4.86. The van der Waals surface area contributed by atoms with Crippen LogP contribution in [0.4, 0.5) is 5.82 Å². The van der Waals surface area contributed by atoms with Gasteiger partial charge in [0.05, 0.1) is 12.7 Å². The lowest BCUT2D eigenvalue weighted by Gasteiger charge is -2.31. The van der Waals surface area contributed by atoms with Crippen LogP contribution in [0.15, 0.2) is 64.6 Å². The van der Waals surface area contributed by atoms with Crippen LogP contribution in [0.2, 0.25) is 0 Å². The minimum atomic E-state index is -0.453. The average molecular weight is 417 g/mol. The molecule has 1 aliphatic heterocycles. The third-order valence-corrected chi connectivity index (χ3v) is 5.88. The van der Waals surface area contributed by atoms with Crippen LogP contribution in [0.5, 0.6) is 11.5 Å². The number of allylic oxidation sites excluding steroid dienone is 2. The number of ketones is 1. The second kappa shape index (κ2) is 7.83. The van der Waals surface area contributed by atoms with Gasteiger partial charge in [-0.2, -0.15) is 0 Å². The van der Waals surface area contributed by atoms with Crippen molar-refractivity contribution in [2.24, 2.45) is 0 Å². The summed E-state index contributed by atoms with van der Waals surface area (Å²) in [6.45, 7) is 0.416. The second-order valence-electron chi connectivity index (χ2n) is 7.78. The molecule has 0 radical (unpaired) electrons. The van der Waals surface area contributed by atoms with Gasteiger partial charge in [-0.3, -0.25) is 19.8 Å². The molecule has 0 fully saturated rings. The molecule has 7 heteroatoms. The van der Waals surface area contributed by atoms with E-state index in [2.05, 4.69) is 15.5 Å². The van der Waals surface area contributed by atoms with Crippen molar-refractivity contribution >= 4 is 11.6 Å². The van der Waals surface area contributed by atoms with Gasteiger partial charge in [0.15, 0.2) is 17.3 Å². The summed E-state index contributed by atoms with van der Waals surface area (Å²) in [7, 11) is 1.59. The third-order valence-electron chi connectivity index (χ3n) is 5.88. The largest absolute Gasteiger partial charge is 0.493 e. The Morgan fingerprint density at radius 3 is 2.65 bits per heavy atom. The maximum absolute atomic E-state index is 12.9. The molecule has 31 heavy (non-hydrogen) atoms. The van der Waals surface area contributed by atoms with Gasteiger partial charge in [-0.1, -0.05) is 36.4 Å². The number of ether oxygens (including phenoxy) is 2. The topological polar surface area (TPSA) is 96.2 Å². The lowest BCUT2D eigenvalue weighted by Crippen LogP contribution is -2.29. The van der Waals surface area contributed by atoms with E-state index < -0.39 is 5.92 Å². The van der Waals surface area contributed by atoms with Crippen molar-refractivity contribution in [3.05, 3.63) is 86.8 Å². The number of carbonyl (C=O) groups excluding carboxylic acids is 1. The molecule has 0 saturated heterocycles. The fraction of sp³-hybridized carbons (Fsp3) is 0.250. The first-order valence-corrected chi connectivity index (χ1v) is 10.3. The molecule has 1 atom stereocenters. The molecular weight excluding hydrogens is 394 g/mol. The van der Waals surface area contributed by atoms with Crippen LogP contribution in [0.25, 0.3) is 0 Å². The second-order valence-corrected chi connectivity index (χ2v) is 7.78. The van der Waals surface area contributed by atoms with E-state index in [1.165, 1.54) is 0 Å². The smallest absolute Gasteiger partial charge is 0.270 e. The summed E-state index contributed by atoms with van der Waals surface area (Å²) in [4.78, 5) is 25.5. The van der Waals surface area contributed by atoms with E-state index in [0.29, 0.717) is 41.5 Å².